The van der Waals surface area contributed by atoms with Gasteiger partial charge < -0.3 is 9.46 Å². The van der Waals surface area contributed by atoms with Gasteiger partial charge in [0, 0.05) is 18.1 Å². The van der Waals surface area contributed by atoms with Gasteiger partial charge in [0.1, 0.15) is 5.03 Å². The zero-order valence-electron chi connectivity index (χ0n) is 8.06. The van der Waals surface area contributed by atoms with E-state index in [0.29, 0.717) is 12.3 Å². The Morgan fingerprint density at radius 1 is 1.67 bits per heavy atom. The van der Waals surface area contributed by atoms with Crippen molar-refractivity contribution in [1.29, 1.82) is 0 Å². The van der Waals surface area contributed by atoms with Crippen LogP contribution in [0.1, 0.15) is 6.92 Å². The third-order valence-corrected chi connectivity index (χ3v) is 2.50. The highest BCUT2D eigenvalue weighted by Crippen LogP contribution is 2.28. The van der Waals surface area contributed by atoms with Crippen molar-refractivity contribution in [1.82, 2.24) is 9.71 Å². The topological polar surface area (TPSA) is 63.6 Å². The predicted molar refractivity (Wildman–Crippen MR) is 57.0 cm³/mol. The molecule has 0 bridgehead atoms. The van der Waals surface area contributed by atoms with Crippen molar-refractivity contribution in [2.45, 2.75) is 11.9 Å². The molecule has 0 amide bonds. The van der Waals surface area contributed by atoms with E-state index in [1.54, 1.807) is 25.3 Å². The van der Waals surface area contributed by atoms with Crippen LogP contribution in [0.4, 0.5) is 5.69 Å². The second-order valence-corrected chi connectivity index (χ2v) is 3.51. The molecule has 0 saturated heterocycles. The maximum absolute atomic E-state index is 11.4. The summed E-state index contributed by atoms with van der Waals surface area (Å²) in [5, 5.41) is 0.755. The number of aliphatic imine (C=N–C) groups is 1. The van der Waals surface area contributed by atoms with Crippen LogP contribution in [0, 0.1) is 0 Å². The van der Waals surface area contributed by atoms with Crippen molar-refractivity contribution in [3.8, 4) is 0 Å². The van der Waals surface area contributed by atoms with E-state index in [1.807, 2.05) is 0 Å². The minimum absolute atomic E-state index is 0.211. The van der Waals surface area contributed by atoms with Gasteiger partial charge in [-0.3, -0.25) is 0 Å². The lowest BCUT2D eigenvalue weighted by atomic mass is 10.4. The number of hydrogen-bond donors (Lipinski definition) is 1. The third-order valence-electron chi connectivity index (χ3n) is 1.70. The molecular formula is C9H9N3O2S. The Kier molecular flexibility index (Phi) is 2.86. The van der Waals surface area contributed by atoms with E-state index in [1.165, 1.54) is 11.9 Å². The molecule has 15 heavy (non-hydrogen) atoms. The van der Waals surface area contributed by atoms with Crippen molar-refractivity contribution < 1.29 is 9.53 Å². The van der Waals surface area contributed by atoms with Gasteiger partial charge in [0.05, 0.1) is 12.3 Å². The van der Waals surface area contributed by atoms with Crippen molar-refractivity contribution in [2.75, 3.05) is 6.61 Å². The van der Waals surface area contributed by atoms with Gasteiger partial charge in [-0.05, 0) is 19.1 Å². The summed E-state index contributed by atoms with van der Waals surface area (Å²) in [5.41, 5.74) is 0.685. The second-order valence-electron chi connectivity index (χ2n) is 2.71. The standard InChI is InChI=1S/C9H9N3O2S/c1-2-14-9(13)7-11-6-4-3-5-10-8(6)15-12-7/h3-5H,2H2,1H3,(H,11,12). The van der Waals surface area contributed by atoms with E-state index in [0.717, 1.165) is 5.03 Å². The molecule has 78 valence electrons. The number of fused-ring (bicyclic) bond motifs is 1. The fourth-order valence-corrected chi connectivity index (χ4v) is 1.73. The minimum Gasteiger partial charge on any atom is -0.460 e. The summed E-state index contributed by atoms with van der Waals surface area (Å²) in [7, 11) is 0. The first-order valence-electron chi connectivity index (χ1n) is 4.45. The minimum atomic E-state index is -0.445. The van der Waals surface area contributed by atoms with Gasteiger partial charge in [0.15, 0.2) is 0 Å². The number of pyridine rings is 1. The van der Waals surface area contributed by atoms with Crippen molar-refractivity contribution in [3.63, 3.8) is 0 Å². The zero-order valence-corrected chi connectivity index (χ0v) is 8.87. The first-order valence-corrected chi connectivity index (χ1v) is 5.26. The molecule has 2 rings (SSSR count). The summed E-state index contributed by atoms with van der Waals surface area (Å²) < 4.78 is 7.62. The van der Waals surface area contributed by atoms with Crippen LogP contribution in [0.25, 0.3) is 0 Å². The van der Waals surface area contributed by atoms with Gasteiger partial charge in [0.2, 0.25) is 5.84 Å². The number of carbonyl (C=O) groups excluding carboxylic acids is 1. The van der Waals surface area contributed by atoms with Crippen molar-refractivity contribution in [2.24, 2.45) is 4.99 Å². The molecule has 0 unspecified atom stereocenters. The highest BCUT2D eigenvalue weighted by atomic mass is 32.2. The molecule has 0 saturated carbocycles. The Labute approximate surface area is 91.1 Å². The molecule has 0 aliphatic carbocycles. The van der Waals surface area contributed by atoms with E-state index >= 15 is 0 Å². The predicted octanol–water partition coefficient (Wildman–Crippen LogP) is 1.28. The lowest BCUT2D eigenvalue weighted by molar-refractivity contribution is -0.135. The fraction of sp³-hybridized carbons (Fsp3) is 0.222. The van der Waals surface area contributed by atoms with Crippen LogP contribution in [0.5, 0.6) is 0 Å². The Hall–Kier alpha value is -1.56. The average Bonchev–Trinajstić information content (AvgIpc) is 2.29. The van der Waals surface area contributed by atoms with Crippen LogP contribution in [0.15, 0.2) is 28.3 Å². The monoisotopic (exact) mass is 223 g/mol. The van der Waals surface area contributed by atoms with Crippen molar-refractivity contribution >= 4 is 29.4 Å². The summed E-state index contributed by atoms with van der Waals surface area (Å²) in [4.78, 5) is 19.6. The second kappa shape index (κ2) is 4.31. The normalized spacial score (nSPS) is 13.5. The van der Waals surface area contributed by atoms with Crippen LogP contribution in [-0.4, -0.2) is 23.4 Å². The first-order chi connectivity index (χ1) is 7.31. The molecule has 5 nitrogen and oxygen atoms in total. The average molecular weight is 223 g/mol. The molecule has 0 radical (unpaired) electrons. The van der Waals surface area contributed by atoms with E-state index in [-0.39, 0.29) is 5.84 Å². The van der Waals surface area contributed by atoms with E-state index in [2.05, 4.69) is 14.7 Å². The molecule has 0 aromatic carbocycles. The molecule has 0 atom stereocenters. The number of aromatic nitrogens is 1. The highest BCUT2D eigenvalue weighted by Gasteiger charge is 2.19. The Bertz CT molecular complexity index is 420. The summed E-state index contributed by atoms with van der Waals surface area (Å²) in [6.45, 7) is 2.09. The molecule has 6 heteroatoms. The van der Waals surface area contributed by atoms with Gasteiger partial charge in [-0.25, -0.2) is 14.8 Å². The third kappa shape index (κ3) is 2.10. The van der Waals surface area contributed by atoms with Crippen LogP contribution in [0.2, 0.25) is 0 Å². The maximum atomic E-state index is 11.4. The lowest BCUT2D eigenvalue weighted by Crippen LogP contribution is -2.29. The molecular weight excluding hydrogens is 214 g/mol. The summed E-state index contributed by atoms with van der Waals surface area (Å²) in [6, 6.07) is 3.58. The summed E-state index contributed by atoms with van der Waals surface area (Å²) >= 11 is 1.26. The highest BCUT2D eigenvalue weighted by molar-refractivity contribution is 7.98. The van der Waals surface area contributed by atoms with Crippen molar-refractivity contribution in [3.05, 3.63) is 18.3 Å². The molecule has 0 spiro atoms. The quantitative estimate of drug-likeness (QED) is 0.604. The van der Waals surface area contributed by atoms with Gasteiger partial charge >= 0.3 is 5.97 Å². The summed E-state index contributed by atoms with van der Waals surface area (Å²) in [5.74, 6) is -0.234. The first kappa shape index (κ1) is 9.97. The number of nitrogens with one attached hydrogen (secondary N) is 1. The SMILES string of the molecule is CCOC(=O)C1=Nc2cccnc2SN1. The molecule has 2 heterocycles. The van der Waals surface area contributed by atoms with Gasteiger partial charge in [-0.15, -0.1) is 0 Å². The Morgan fingerprint density at radius 3 is 3.33 bits per heavy atom. The van der Waals surface area contributed by atoms with Gasteiger partial charge in [-0.1, -0.05) is 0 Å². The zero-order chi connectivity index (χ0) is 10.7. The number of hydrogen-bond acceptors (Lipinski definition) is 6. The molecule has 0 fully saturated rings. The number of carbonyl (C=O) groups is 1. The molecule has 1 aromatic heterocycles. The number of rotatable bonds is 2. The molecule has 1 N–H and O–H groups in total. The van der Waals surface area contributed by atoms with E-state index in [9.17, 15) is 4.79 Å². The maximum Gasteiger partial charge on any atom is 0.374 e. The number of ether oxygens (including phenoxy) is 1. The molecule has 1 aliphatic rings. The van der Waals surface area contributed by atoms with E-state index < -0.39 is 5.97 Å². The Balaban J connectivity index is 2.25. The van der Waals surface area contributed by atoms with Crippen LogP contribution >= 0.6 is 11.9 Å². The van der Waals surface area contributed by atoms with Gasteiger partial charge in [-0.2, -0.15) is 0 Å². The fourth-order valence-electron chi connectivity index (χ4n) is 1.07. The van der Waals surface area contributed by atoms with Gasteiger partial charge in [0.25, 0.3) is 0 Å². The number of amidine groups is 1. The largest absolute Gasteiger partial charge is 0.460 e. The lowest BCUT2D eigenvalue weighted by Gasteiger charge is -2.13. The Morgan fingerprint density at radius 2 is 2.53 bits per heavy atom. The van der Waals surface area contributed by atoms with Crippen LogP contribution < -0.4 is 4.72 Å². The van der Waals surface area contributed by atoms with E-state index in [4.69, 9.17) is 4.74 Å². The summed E-state index contributed by atoms with van der Waals surface area (Å²) in [6.07, 6.45) is 1.68. The molecule has 1 aliphatic heterocycles. The number of esters is 1. The van der Waals surface area contributed by atoms with Crippen LogP contribution in [-0.2, 0) is 9.53 Å². The smallest absolute Gasteiger partial charge is 0.374 e. The van der Waals surface area contributed by atoms with Crippen LogP contribution in [0.3, 0.4) is 0 Å². The molecule has 1 aromatic rings. The number of nitrogens with zero attached hydrogens (tertiary/aromatic N) is 2.